The Labute approximate surface area is 164 Å². The van der Waals surface area contributed by atoms with Gasteiger partial charge in [0.1, 0.15) is 6.10 Å². The van der Waals surface area contributed by atoms with Crippen molar-refractivity contribution >= 4 is 6.09 Å². The van der Waals surface area contributed by atoms with Crippen LogP contribution < -0.4 is 4.74 Å². The van der Waals surface area contributed by atoms with E-state index < -0.39 is 25.0 Å². The Kier molecular flexibility index (Phi) is 6.26. The monoisotopic (exact) mass is 414 g/mol. The molecule has 2 aromatic heterocycles. The van der Waals surface area contributed by atoms with Crippen LogP contribution in [-0.2, 0) is 11.8 Å². The summed E-state index contributed by atoms with van der Waals surface area (Å²) >= 11 is 0. The second-order valence-corrected chi connectivity index (χ2v) is 6.60. The van der Waals surface area contributed by atoms with Crippen molar-refractivity contribution in [3.63, 3.8) is 0 Å². The number of halogens is 3. The number of pyridine rings is 1. The van der Waals surface area contributed by atoms with Crippen LogP contribution in [0.25, 0.3) is 11.4 Å². The van der Waals surface area contributed by atoms with Crippen LogP contribution in [0.4, 0.5) is 18.0 Å². The number of amides is 1. The highest BCUT2D eigenvalue weighted by atomic mass is 19.4. The van der Waals surface area contributed by atoms with Crippen LogP contribution in [0.5, 0.6) is 5.88 Å². The summed E-state index contributed by atoms with van der Waals surface area (Å²) in [6.45, 7) is -0.949. The van der Waals surface area contributed by atoms with E-state index in [1.807, 2.05) is 18.2 Å². The minimum atomic E-state index is -4.81. The third-order valence-electron chi connectivity index (χ3n) is 4.57. The first kappa shape index (κ1) is 20.9. The summed E-state index contributed by atoms with van der Waals surface area (Å²) in [7, 11) is 1.81. The summed E-state index contributed by atoms with van der Waals surface area (Å²) < 4.78 is 49.8. The molecule has 8 nitrogen and oxygen atoms in total. The molecule has 1 amide bonds. The largest absolute Gasteiger partial charge is 0.474 e. The lowest BCUT2D eigenvalue weighted by molar-refractivity contribution is -0.214. The number of piperidine rings is 1. The van der Waals surface area contributed by atoms with E-state index in [-0.39, 0.29) is 19.2 Å². The van der Waals surface area contributed by atoms with E-state index in [0.717, 1.165) is 5.69 Å². The van der Waals surface area contributed by atoms with Crippen molar-refractivity contribution < 1.29 is 32.5 Å². The number of hydrogen-bond acceptors (Lipinski definition) is 6. The number of likely N-dealkylation sites (tertiary alicyclic amines) is 1. The Hall–Kier alpha value is -2.82. The van der Waals surface area contributed by atoms with Crippen LogP contribution in [-0.4, -0.2) is 68.9 Å². The molecule has 1 atom stereocenters. The zero-order valence-corrected chi connectivity index (χ0v) is 15.7. The van der Waals surface area contributed by atoms with Crippen LogP contribution in [0.1, 0.15) is 12.8 Å². The minimum Gasteiger partial charge on any atom is -0.474 e. The molecule has 3 heterocycles. The molecular weight excluding hydrogens is 393 g/mol. The Balaban J connectivity index is 1.54. The van der Waals surface area contributed by atoms with Gasteiger partial charge in [-0.2, -0.15) is 18.3 Å². The molecule has 11 heteroatoms. The summed E-state index contributed by atoms with van der Waals surface area (Å²) in [6.07, 6.45) is -6.16. The Morgan fingerprint density at radius 2 is 2.03 bits per heavy atom. The molecule has 1 saturated heterocycles. The van der Waals surface area contributed by atoms with Crippen molar-refractivity contribution in [2.24, 2.45) is 7.05 Å². The van der Waals surface area contributed by atoms with Crippen LogP contribution in [0.2, 0.25) is 0 Å². The predicted octanol–water partition coefficient (Wildman–Crippen LogP) is 2.39. The molecule has 0 radical (unpaired) electrons. The maximum Gasteiger partial charge on any atom is 0.427 e. The lowest BCUT2D eigenvalue weighted by Crippen LogP contribution is -2.46. The van der Waals surface area contributed by atoms with E-state index in [2.05, 4.69) is 14.8 Å². The molecule has 29 heavy (non-hydrogen) atoms. The van der Waals surface area contributed by atoms with Gasteiger partial charge in [0.25, 0.3) is 0 Å². The topological polar surface area (TPSA) is 89.7 Å². The third-order valence-corrected chi connectivity index (χ3v) is 4.57. The molecule has 158 valence electrons. The molecule has 0 saturated carbocycles. The smallest absolute Gasteiger partial charge is 0.427 e. The maximum absolute atomic E-state index is 12.6. The van der Waals surface area contributed by atoms with Gasteiger partial charge >= 0.3 is 12.3 Å². The molecule has 0 aliphatic carbocycles. The average molecular weight is 414 g/mol. The molecule has 0 aromatic carbocycles. The summed E-state index contributed by atoms with van der Waals surface area (Å²) in [6, 6.07) is 7.19. The molecule has 1 aliphatic rings. The molecular formula is C18H21F3N4O4. The first-order chi connectivity index (χ1) is 13.8. The van der Waals surface area contributed by atoms with Crippen LogP contribution in [0.3, 0.4) is 0 Å². The number of aromatic nitrogens is 3. The Morgan fingerprint density at radius 1 is 1.31 bits per heavy atom. The first-order valence-electron chi connectivity index (χ1n) is 9.03. The van der Waals surface area contributed by atoms with Crippen molar-refractivity contribution in [2.75, 3.05) is 19.7 Å². The normalized spacial score (nSPS) is 16.5. The number of ether oxygens (including phenoxy) is 2. The number of carbonyl (C=O) groups is 1. The number of aliphatic hydroxyl groups excluding tert-OH is 1. The van der Waals surface area contributed by atoms with E-state index in [1.165, 1.54) is 4.90 Å². The second-order valence-electron chi connectivity index (χ2n) is 6.60. The molecule has 1 fully saturated rings. The molecule has 0 bridgehead atoms. The number of aryl methyl sites for hydroxylation is 1. The van der Waals surface area contributed by atoms with E-state index in [1.54, 1.807) is 24.0 Å². The van der Waals surface area contributed by atoms with E-state index in [9.17, 15) is 18.0 Å². The van der Waals surface area contributed by atoms with Crippen molar-refractivity contribution in [1.82, 2.24) is 19.7 Å². The van der Waals surface area contributed by atoms with Crippen molar-refractivity contribution in [2.45, 2.75) is 31.2 Å². The summed E-state index contributed by atoms with van der Waals surface area (Å²) in [5.74, 6) is 0.419. The number of alkyl halides is 3. The lowest BCUT2D eigenvalue weighted by atomic mass is 10.1. The zero-order valence-electron chi connectivity index (χ0n) is 15.7. The average Bonchev–Trinajstić information content (AvgIpc) is 3.11. The first-order valence-corrected chi connectivity index (χ1v) is 9.03. The summed E-state index contributed by atoms with van der Waals surface area (Å²) in [5, 5.41) is 12.9. The van der Waals surface area contributed by atoms with Gasteiger partial charge in [-0.05, 0) is 12.1 Å². The molecule has 0 spiro atoms. The fourth-order valence-corrected chi connectivity index (χ4v) is 2.98. The molecule has 1 N–H and O–H groups in total. The van der Waals surface area contributed by atoms with Gasteiger partial charge in [0, 0.05) is 45.2 Å². The van der Waals surface area contributed by atoms with Gasteiger partial charge in [0.05, 0.1) is 18.0 Å². The SMILES string of the molecule is Cn1nccc1-c1cccc(OC2CCN(C(=O)O[C@H](CO)C(F)(F)F)CC2)n1. The third kappa shape index (κ3) is 5.17. The van der Waals surface area contributed by atoms with E-state index in [4.69, 9.17) is 9.84 Å². The molecule has 2 aromatic rings. The number of nitrogens with zero attached hydrogens (tertiary/aromatic N) is 4. The van der Waals surface area contributed by atoms with Crippen LogP contribution >= 0.6 is 0 Å². The van der Waals surface area contributed by atoms with Crippen LogP contribution in [0.15, 0.2) is 30.5 Å². The quantitative estimate of drug-likeness (QED) is 0.808. The minimum absolute atomic E-state index is 0.181. The fourth-order valence-electron chi connectivity index (χ4n) is 2.98. The Morgan fingerprint density at radius 3 is 2.62 bits per heavy atom. The predicted molar refractivity (Wildman–Crippen MR) is 95.1 cm³/mol. The van der Waals surface area contributed by atoms with E-state index in [0.29, 0.717) is 24.4 Å². The number of aliphatic hydroxyl groups is 1. The van der Waals surface area contributed by atoms with Gasteiger partial charge in [-0.1, -0.05) is 6.07 Å². The Bertz CT molecular complexity index is 835. The fraction of sp³-hybridized carbons (Fsp3) is 0.500. The van der Waals surface area contributed by atoms with Gasteiger partial charge in [-0.3, -0.25) is 4.68 Å². The standard InChI is InChI=1S/C18H21F3N4O4/c1-24-14(5-8-22-24)13-3-2-4-16(23-13)28-12-6-9-25(10-7-12)17(27)29-15(11-26)18(19,20)21/h2-5,8,12,15,26H,6-7,9-11H2,1H3/t15-/m1/s1. The highest BCUT2D eigenvalue weighted by Crippen LogP contribution is 2.25. The summed E-state index contributed by atoms with van der Waals surface area (Å²) in [5.41, 5.74) is 1.53. The van der Waals surface area contributed by atoms with Crippen molar-refractivity contribution in [1.29, 1.82) is 0 Å². The van der Waals surface area contributed by atoms with Gasteiger partial charge in [-0.15, -0.1) is 0 Å². The lowest BCUT2D eigenvalue weighted by Gasteiger charge is -2.32. The number of carbonyl (C=O) groups excluding carboxylic acids is 1. The highest BCUT2D eigenvalue weighted by Gasteiger charge is 2.43. The van der Waals surface area contributed by atoms with Gasteiger partial charge < -0.3 is 19.5 Å². The molecule has 0 unspecified atom stereocenters. The maximum atomic E-state index is 12.6. The van der Waals surface area contributed by atoms with Gasteiger partial charge in [-0.25, -0.2) is 9.78 Å². The van der Waals surface area contributed by atoms with Crippen molar-refractivity contribution in [3.05, 3.63) is 30.5 Å². The van der Waals surface area contributed by atoms with E-state index >= 15 is 0 Å². The highest BCUT2D eigenvalue weighted by molar-refractivity contribution is 5.68. The van der Waals surface area contributed by atoms with Gasteiger partial charge in [0.15, 0.2) is 0 Å². The molecule has 3 rings (SSSR count). The number of rotatable bonds is 5. The van der Waals surface area contributed by atoms with Crippen LogP contribution in [0, 0.1) is 0 Å². The van der Waals surface area contributed by atoms with Crippen molar-refractivity contribution in [3.8, 4) is 17.3 Å². The van der Waals surface area contributed by atoms with Gasteiger partial charge in [0.2, 0.25) is 12.0 Å². The zero-order chi connectivity index (χ0) is 21.0. The molecule has 1 aliphatic heterocycles. The summed E-state index contributed by atoms with van der Waals surface area (Å²) in [4.78, 5) is 17.6. The second kappa shape index (κ2) is 8.68. The number of hydrogen-bond donors (Lipinski definition) is 1.